The molecular weight excluding hydrogens is 693 g/mol. The van der Waals surface area contributed by atoms with Gasteiger partial charge in [0.2, 0.25) is 0 Å². The molecule has 1 unspecified atom stereocenters. The van der Waals surface area contributed by atoms with Gasteiger partial charge in [-0.2, -0.15) is 0 Å². The van der Waals surface area contributed by atoms with E-state index >= 15 is 0 Å². The molecule has 0 fully saturated rings. The van der Waals surface area contributed by atoms with Crippen LogP contribution in [0.4, 0.5) is 0 Å². The van der Waals surface area contributed by atoms with Crippen LogP contribution in [-0.4, -0.2) is 37.9 Å². The summed E-state index contributed by atoms with van der Waals surface area (Å²) in [6, 6.07) is 0. The van der Waals surface area contributed by atoms with Gasteiger partial charge in [0.1, 0.15) is 6.61 Å². The number of carbonyl (C=O) groups excluding carboxylic acids is 2. The van der Waals surface area contributed by atoms with Crippen molar-refractivity contribution in [2.45, 2.75) is 258 Å². The molecule has 0 aromatic heterocycles. The summed E-state index contributed by atoms with van der Waals surface area (Å²) in [5.74, 6) is -0.404. The van der Waals surface area contributed by atoms with E-state index in [1.54, 1.807) is 0 Å². The van der Waals surface area contributed by atoms with Crippen LogP contribution in [0.1, 0.15) is 252 Å². The van der Waals surface area contributed by atoms with Crippen molar-refractivity contribution in [1.29, 1.82) is 0 Å². The van der Waals surface area contributed by atoms with E-state index in [1.165, 1.54) is 154 Å². The van der Waals surface area contributed by atoms with E-state index in [1.807, 2.05) is 0 Å². The summed E-state index contributed by atoms with van der Waals surface area (Å²) in [6.45, 7) is 7.73. The highest BCUT2D eigenvalue weighted by molar-refractivity contribution is 5.70. The quantitative estimate of drug-likeness (QED) is 0.0349. The summed E-state index contributed by atoms with van der Waals surface area (Å²) in [6.07, 6.45) is 55.7. The number of hydrogen-bond acceptors (Lipinski definition) is 5. The van der Waals surface area contributed by atoms with Crippen LogP contribution >= 0.6 is 0 Å². The second kappa shape index (κ2) is 47.5. The Hall–Kier alpha value is -1.88. The van der Waals surface area contributed by atoms with Gasteiger partial charge in [0.25, 0.3) is 0 Å². The smallest absolute Gasteiger partial charge is 0.306 e. The van der Waals surface area contributed by atoms with Crippen molar-refractivity contribution in [3.8, 4) is 0 Å². The molecule has 0 radical (unpaired) electrons. The Balaban J connectivity index is 4.25. The molecule has 0 spiro atoms. The molecule has 5 nitrogen and oxygen atoms in total. The maximum atomic E-state index is 12.7. The zero-order valence-electron chi connectivity index (χ0n) is 37.7. The van der Waals surface area contributed by atoms with Gasteiger partial charge in [-0.05, 0) is 51.4 Å². The van der Waals surface area contributed by atoms with Crippen molar-refractivity contribution in [3.63, 3.8) is 0 Å². The summed E-state index contributed by atoms with van der Waals surface area (Å²) in [5, 5.41) is 0. The average Bonchev–Trinajstić information content (AvgIpc) is 3.20. The Morgan fingerprint density at radius 2 is 0.804 bits per heavy atom. The molecule has 1 atom stereocenters. The largest absolute Gasteiger partial charge is 0.462 e. The number of hydrogen-bond donors (Lipinski definition) is 0. The topological polar surface area (TPSA) is 61.8 Å². The van der Waals surface area contributed by atoms with E-state index in [9.17, 15) is 9.59 Å². The lowest BCUT2D eigenvalue weighted by molar-refractivity contribution is -0.163. The lowest BCUT2D eigenvalue weighted by Crippen LogP contribution is -2.30. The summed E-state index contributed by atoms with van der Waals surface area (Å²) in [7, 11) is 0. The van der Waals surface area contributed by atoms with Crippen LogP contribution in [0.3, 0.4) is 0 Å². The lowest BCUT2D eigenvalue weighted by Gasteiger charge is -2.18. The number of unbranched alkanes of at least 4 members (excludes halogenated alkanes) is 28. The van der Waals surface area contributed by atoms with Crippen molar-refractivity contribution < 1.29 is 23.8 Å². The predicted molar refractivity (Wildman–Crippen MR) is 242 cm³/mol. The van der Waals surface area contributed by atoms with Gasteiger partial charge in [0, 0.05) is 19.4 Å². The van der Waals surface area contributed by atoms with Crippen LogP contribution in [0.15, 0.2) is 36.5 Å². The van der Waals surface area contributed by atoms with Gasteiger partial charge in [-0.3, -0.25) is 9.59 Å². The van der Waals surface area contributed by atoms with Crippen molar-refractivity contribution in [1.82, 2.24) is 0 Å². The first-order valence-electron chi connectivity index (χ1n) is 24.5. The fourth-order valence-corrected chi connectivity index (χ4v) is 7.05. The standard InChI is InChI=1S/C51H94O5/c1-4-7-10-13-16-19-22-25-26-28-29-32-35-38-41-44-50(52)55-48-49(47-54-46-43-40-37-34-31-24-21-18-15-12-9-6-3)56-51(53)45-42-39-36-33-30-27-23-20-17-14-11-8-5-2/h7,10,16,19,25-26,49H,4-6,8-9,11-15,17-18,20-24,27-48H2,1-3H3/b10-7-,19-16-,26-25-. The molecule has 0 aromatic carbocycles. The van der Waals surface area contributed by atoms with Crippen LogP contribution < -0.4 is 0 Å². The van der Waals surface area contributed by atoms with Crippen LogP contribution in [0.5, 0.6) is 0 Å². The SMILES string of the molecule is CC/C=C\C/C=C\C/C=C\CCCCCCCC(=O)OCC(COCCCCCCCCCCCCCC)OC(=O)CCCCCCCCCCCCCCC. The summed E-state index contributed by atoms with van der Waals surface area (Å²) < 4.78 is 17.4. The first-order valence-corrected chi connectivity index (χ1v) is 24.5. The summed E-state index contributed by atoms with van der Waals surface area (Å²) in [5.41, 5.74) is 0. The van der Waals surface area contributed by atoms with Gasteiger partial charge in [-0.1, -0.05) is 224 Å². The van der Waals surface area contributed by atoms with Crippen molar-refractivity contribution in [2.75, 3.05) is 19.8 Å². The molecular formula is C51H94O5. The number of allylic oxidation sites excluding steroid dienone is 6. The van der Waals surface area contributed by atoms with Gasteiger partial charge >= 0.3 is 11.9 Å². The second-order valence-corrected chi connectivity index (χ2v) is 16.4. The minimum atomic E-state index is -0.535. The molecule has 0 aliphatic carbocycles. The van der Waals surface area contributed by atoms with Crippen LogP contribution in [0, 0.1) is 0 Å². The molecule has 0 amide bonds. The van der Waals surface area contributed by atoms with Crippen molar-refractivity contribution >= 4 is 11.9 Å². The highest BCUT2D eigenvalue weighted by Crippen LogP contribution is 2.15. The molecule has 0 rings (SSSR count). The molecule has 0 heterocycles. The maximum absolute atomic E-state index is 12.7. The molecule has 0 aromatic rings. The minimum absolute atomic E-state index is 0.0819. The number of carbonyl (C=O) groups is 2. The van der Waals surface area contributed by atoms with Crippen LogP contribution in [-0.2, 0) is 23.8 Å². The van der Waals surface area contributed by atoms with E-state index in [2.05, 4.69) is 57.2 Å². The third-order valence-electron chi connectivity index (χ3n) is 10.7. The molecule has 0 aliphatic rings. The Bertz CT molecular complexity index is 893. The molecule has 0 aliphatic heterocycles. The van der Waals surface area contributed by atoms with Crippen molar-refractivity contribution in [3.05, 3.63) is 36.5 Å². The molecule has 0 bridgehead atoms. The van der Waals surface area contributed by atoms with E-state index in [4.69, 9.17) is 14.2 Å². The van der Waals surface area contributed by atoms with Gasteiger partial charge < -0.3 is 14.2 Å². The third-order valence-corrected chi connectivity index (χ3v) is 10.7. The second-order valence-electron chi connectivity index (χ2n) is 16.4. The molecule has 0 saturated heterocycles. The average molecular weight is 787 g/mol. The molecule has 56 heavy (non-hydrogen) atoms. The number of esters is 2. The number of rotatable bonds is 45. The van der Waals surface area contributed by atoms with Crippen molar-refractivity contribution in [2.24, 2.45) is 0 Å². The Kier molecular flexibility index (Phi) is 45.9. The predicted octanol–water partition coefficient (Wildman–Crippen LogP) is 16.2. The third kappa shape index (κ3) is 44.8. The lowest BCUT2D eigenvalue weighted by atomic mass is 10.0. The van der Waals surface area contributed by atoms with Crippen LogP contribution in [0.2, 0.25) is 0 Å². The highest BCUT2D eigenvalue weighted by Gasteiger charge is 2.17. The number of ether oxygens (including phenoxy) is 3. The van der Waals surface area contributed by atoms with Gasteiger partial charge in [-0.25, -0.2) is 0 Å². The first-order chi connectivity index (χ1) is 27.6. The zero-order valence-corrected chi connectivity index (χ0v) is 37.7. The molecule has 0 saturated carbocycles. The van der Waals surface area contributed by atoms with E-state index in [0.717, 1.165) is 64.2 Å². The zero-order chi connectivity index (χ0) is 40.7. The van der Waals surface area contributed by atoms with Gasteiger partial charge in [-0.15, -0.1) is 0 Å². The Labute approximate surface area is 349 Å². The first kappa shape index (κ1) is 54.1. The Morgan fingerprint density at radius 3 is 1.29 bits per heavy atom. The van der Waals surface area contributed by atoms with Crippen LogP contribution in [0.25, 0.3) is 0 Å². The Morgan fingerprint density at radius 1 is 0.411 bits per heavy atom. The molecule has 5 heteroatoms. The van der Waals surface area contributed by atoms with E-state index < -0.39 is 6.10 Å². The van der Waals surface area contributed by atoms with E-state index in [-0.39, 0.29) is 25.2 Å². The summed E-state index contributed by atoms with van der Waals surface area (Å²) >= 11 is 0. The fraction of sp³-hybridized carbons (Fsp3) is 0.843. The van der Waals surface area contributed by atoms with Gasteiger partial charge in [0.15, 0.2) is 6.10 Å². The monoisotopic (exact) mass is 787 g/mol. The normalized spacial score (nSPS) is 12.4. The summed E-state index contributed by atoms with van der Waals surface area (Å²) in [4.78, 5) is 25.3. The molecule has 0 N–H and O–H groups in total. The maximum Gasteiger partial charge on any atom is 0.306 e. The van der Waals surface area contributed by atoms with E-state index in [0.29, 0.717) is 19.4 Å². The fourth-order valence-electron chi connectivity index (χ4n) is 7.05. The molecule has 328 valence electrons. The highest BCUT2D eigenvalue weighted by atomic mass is 16.6. The minimum Gasteiger partial charge on any atom is -0.462 e. The van der Waals surface area contributed by atoms with Gasteiger partial charge in [0.05, 0.1) is 6.61 Å².